The molecule has 0 aromatic heterocycles. The van der Waals surface area contributed by atoms with Crippen molar-refractivity contribution >= 4 is 17.3 Å². The first-order chi connectivity index (χ1) is 9.47. The molecule has 4 heteroatoms. The molecule has 0 aliphatic carbocycles. The maximum atomic E-state index is 11.1. The van der Waals surface area contributed by atoms with Gasteiger partial charge in [0, 0.05) is 19.2 Å². The summed E-state index contributed by atoms with van der Waals surface area (Å²) in [5.41, 5.74) is 15.5. The fourth-order valence-electron chi connectivity index (χ4n) is 2.11. The number of hydrogen-bond donors (Lipinski definition) is 2. The summed E-state index contributed by atoms with van der Waals surface area (Å²) in [7, 11) is 1.97. The Morgan fingerprint density at radius 2 is 1.80 bits per heavy atom. The number of aryl methyl sites for hydroxylation is 1. The number of nitrogens with zero attached hydrogens (tertiary/aromatic N) is 1. The van der Waals surface area contributed by atoms with Gasteiger partial charge in [0.25, 0.3) is 0 Å². The topological polar surface area (TPSA) is 72.3 Å². The molecule has 4 N–H and O–H groups in total. The summed E-state index contributed by atoms with van der Waals surface area (Å²) in [4.78, 5) is 13.2. The highest BCUT2D eigenvalue weighted by Gasteiger charge is 2.09. The van der Waals surface area contributed by atoms with E-state index in [0.29, 0.717) is 11.3 Å². The maximum Gasteiger partial charge on any atom is 0.248 e. The van der Waals surface area contributed by atoms with E-state index in [1.54, 1.807) is 12.1 Å². The molecule has 0 aliphatic heterocycles. The molecule has 2 aromatic carbocycles. The van der Waals surface area contributed by atoms with E-state index in [1.807, 2.05) is 18.0 Å². The van der Waals surface area contributed by atoms with Gasteiger partial charge in [0.15, 0.2) is 0 Å². The molecule has 0 bridgehead atoms. The fourth-order valence-corrected chi connectivity index (χ4v) is 2.11. The lowest BCUT2D eigenvalue weighted by atomic mass is 10.1. The fraction of sp³-hybridized carbons (Fsp3) is 0.188. The van der Waals surface area contributed by atoms with Gasteiger partial charge >= 0.3 is 0 Å². The van der Waals surface area contributed by atoms with Crippen molar-refractivity contribution in [1.29, 1.82) is 0 Å². The van der Waals surface area contributed by atoms with E-state index in [2.05, 4.69) is 31.2 Å². The minimum atomic E-state index is -0.468. The molecule has 104 valence electrons. The second kappa shape index (κ2) is 5.65. The predicted molar refractivity (Wildman–Crippen MR) is 82.7 cm³/mol. The molecular weight excluding hydrogens is 250 g/mol. The third-order valence-electron chi connectivity index (χ3n) is 3.26. The first-order valence-corrected chi connectivity index (χ1v) is 6.43. The minimum Gasteiger partial charge on any atom is -0.397 e. The molecule has 0 unspecified atom stereocenters. The van der Waals surface area contributed by atoms with E-state index in [9.17, 15) is 4.79 Å². The van der Waals surface area contributed by atoms with Crippen LogP contribution in [0, 0.1) is 6.92 Å². The van der Waals surface area contributed by atoms with Crippen LogP contribution in [0.4, 0.5) is 11.4 Å². The average Bonchev–Trinajstić information content (AvgIpc) is 2.41. The number of primary amides is 1. The summed E-state index contributed by atoms with van der Waals surface area (Å²) < 4.78 is 0. The Morgan fingerprint density at radius 3 is 2.35 bits per heavy atom. The highest BCUT2D eigenvalue weighted by Crippen LogP contribution is 2.24. The number of carbonyl (C=O) groups excluding carboxylic acids is 1. The van der Waals surface area contributed by atoms with Crippen LogP contribution >= 0.6 is 0 Å². The van der Waals surface area contributed by atoms with Crippen LogP contribution in [0.1, 0.15) is 21.5 Å². The zero-order valence-electron chi connectivity index (χ0n) is 11.8. The van der Waals surface area contributed by atoms with Crippen LogP contribution in [-0.2, 0) is 6.54 Å². The van der Waals surface area contributed by atoms with Gasteiger partial charge in [-0.15, -0.1) is 0 Å². The van der Waals surface area contributed by atoms with Gasteiger partial charge < -0.3 is 16.4 Å². The lowest BCUT2D eigenvalue weighted by molar-refractivity contribution is 0.100. The normalized spacial score (nSPS) is 10.3. The quantitative estimate of drug-likeness (QED) is 0.837. The van der Waals surface area contributed by atoms with Crippen molar-refractivity contribution in [3.63, 3.8) is 0 Å². The Labute approximate surface area is 119 Å². The molecule has 0 heterocycles. The summed E-state index contributed by atoms with van der Waals surface area (Å²) in [5.74, 6) is -0.468. The third kappa shape index (κ3) is 3.09. The van der Waals surface area contributed by atoms with Gasteiger partial charge in [-0.1, -0.05) is 29.8 Å². The molecular formula is C16H19N3O. The monoisotopic (exact) mass is 269 g/mol. The Morgan fingerprint density at radius 1 is 1.15 bits per heavy atom. The molecule has 2 rings (SSSR count). The molecule has 0 atom stereocenters. The van der Waals surface area contributed by atoms with Gasteiger partial charge in [0.05, 0.1) is 11.4 Å². The number of anilines is 2. The Hall–Kier alpha value is -2.49. The van der Waals surface area contributed by atoms with Crippen LogP contribution in [-0.4, -0.2) is 13.0 Å². The Bertz CT molecular complexity index is 620. The van der Waals surface area contributed by atoms with Gasteiger partial charge in [0.2, 0.25) is 5.91 Å². The van der Waals surface area contributed by atoms with E-state index in [0.717, 1.165) is 12.2 Å². The molecule has 20 heavy (non-hydrogen) atoms. The molecule has 0 radical (unpaired) electrons. The van der Waals surface area contributed by atoms with Gasteiger partial charge in [-0.05, 0) is 30.7 Å². The van der Waals surface area contributed by atoms with Crippen LogP contribution in [0.25, 0.3) is 0 Å². The minimum absolute atomic E-state index is 0.426. The number of benzene rings is 2. The summed E-state index contributed by atoms with van der Waals surface area (Å²) in [6, 6.07) is 13.5. The third-order valence-corrected chi connectivity index (χ3v) is 3.26. The summed E-state index contributed by atoms with van der Waals surface area (Å²) >= 11 is 0. The Kier molecular flexibility index (Phi) is 3.94. The van der Waals surface area contributed by atoms with E-state index in [1.165, 1.54) is 11.1 Å². The van der Waals surface area contributed by atoms with E-state index in [-0.39, 0.29) is 0 Å². The van der Waals surface area contributed by atoms with Crippen molar-refractivity contribution in [1.82, 2.24) is 0 Å². The first kappa shape index (κ1) is 13.9. The maximum absolute atomic E-state index is 11.1. The van der Waals surface area contributed by atoms with Crippen LogP contribution in [0.2, 0.25) is 0 Å². The lowest BCUT2D eigenvalue weighted by Crippen LogP contribution is -2.19. The zero-order valence-corrected chi connectivity index (χ0v) is 11.8. The van der Waals surface area contributed by atoms with Gasteiger partial charge in [-0.25, -0.2) is 0 Å². The number of hydrogen-bond acceptors (Lipinski definition) is 3. The highest BCUT2D eigenvalue weighted by molar-refractivity contribution is 5.94. The van der Waals surface area contributed by atoms with Crippen molar-refractivity contribution in [2.45, 2.75) is 13.5 Å². The molecule has 0 fully saturated rings. The smallest absolute Gasteiger partial charge is 0.248 e. The average molecular weight is 269 g/mol. The van der Waals surface area contributed by atoms with Crippen LogP contribution < -0.4 is 16.4 Å². The van der Waals surface area contributed by atoms with Crippen LogP contribution in [0.3, 0.4) is 0 Å². The van der Waals surface area contributed by atoms with Gasteiger partial charge in [-0.3, -0.25) is 4.79 Å². The second-order valence-electron chi connectivity index (χ2n) is 4.98. The van der Waals surface area contributed by atoms with Crippen LogP contribution in [0.15, 0.2) is 42.5 Å². The van der Waals surface area contributed by atoms with Crippen molar-refractivity contribution in [2.24, 2.45) is 5.73 Å². The van der Waals surface area contributed by atoms with E-state index < -0.39 is 5.91 Å². The molecule has 4 nitrogen and oxygen atoms in total. The highest BCUT2D eigenvalue weighted by atomic mass is 16.1. The number of rotatable bonds is 4. The predicted octanol–water partition coefficient (Wildman–Crippen LogP) is 2.31. The summed E-state index contributed by atoms with van der Waals surface area (Å²) in [6.07, 6.45) is 0. The van der Waals surface area contributed by atoms with Crippen molar-refractivity contribution < 1.29 is 4.79 Å². The SMILES string of the molecule is Cc1ccc(CN(C)c2ccc(C(N)=O)cc2N)cc1. The molecule has 0 saturated carbocycles. The number of nitrogen functional groups attached to an aromatic ring is 1. The first-order valence-electron chi connectivity index (χ1n) is 6.43. The standard InChI is InChI=1S/C16H19N3O/c1-11-3-5-12(6-4-11)10-19(2)15-8-7-13(16(18)20)9-14(15)17/h3-9H,10,17H2,1-2H3,(H2,18,20). The lowest BCUT2D eigenvalue weighted by Gasteiger charge is -2.21. The molecule has 0 aliphatic rings. The summed E-state index contributed by atoms with van der Waals surface area (Å²) in [6.45, 7) is 2.81. The molecule has 2 aromatic rings. The Balaban J connectivity index is 2.18. The van der Waals surface area contributed by atoms with Gasteiger partial charge in [-0.2, -0.15) is 0 Å². The van der Waals surface area contributed by atoms with Crippen molar-refractivity contribution in [3.05, 3.63) is 59.2 Å². The largest absolute Gasteiger partial charge is 0.397 e. The molecule has 0 saturated heterocycles. The summed E-state index contributed by atoms with van der Waals surface area (Å²) in [5, 5.41) is 0. The van der Waals surface area contributed by atoms with Crippen molar-refractivity contribution in [2.75, 3.05) is 17.7 Å². The molecule has 1 amide bonds. The number of nitrogens with two attached hydrogens (primary N) is 2. The zero-order chi connectivity index (χ0) is 14.7. The molecule has 0 spiro atoms. The van der Waals surface area contributed by atoms with Gasteiger partial charge in [0.1, 0.15) is 0 Å². The van der Waals surface area contributed by atoms with Crippen molar-refractivity contribution in [3.8, 4) is 0 Å². The number of amides is 1. The van der Waals surface area contributed by atoms with E-state index >= 15 is 0 Å². The van der Waals surface area contributed by atoms with E-state index in [4.69, 9.17) is 11.5 Å². The van der Waals surface area contributed by atoms with Crippen LogP contribution in [0.5, 0.6) is 0 Å². The number of carbonyl (C=O) groups is 1. The second-order valence-corrected chi connectivity index (χ2v) is 4.98.